The lowest BCUT2D eigenvalue weighted by atomic mass is 10.00. The van der Waals surface area contributed by atoms with E-state index in [9.17, 15) is 4.79 Å². The molecule has 2 aromatic rings. The summed E-state index contributed by atoms with van der Waals surface area (Å²) in [6.45, 7) is 4.07. The van der Waals surface area contributed by atoms with Crippen molar-refractivity contribution in [2.24, 2.45) is 0 Å². The zero-order chi connectivity index (χ0) is 17.9. The van der Waals surface area contributed by atoms with Gasteiger partial charge in [-0.2, -0.15) is 0 Å². The molecule has 2 aromatic heterocycles. The molecule has 0 bridgehead atoms. The van der Waals surface area contributed by atoms with Crippen LogP contribution in [0.5, 0.6) is 0 Å². The minimum atomic E-state index is -0.147. The van der Waals surface area contributed by atoms with Crippen LogP contribution in [0.15, 0.2) is 22.7 Å². The molecule has 0 aliphatic carbocycles. The molecule has 26 heavy (non-hydrogen) atoms. The first-order valence-electron chi connectivity index (χ1n) is 9.37. The van der Waals surface area contributed by atoms with Crippen molar-refractivity contribution in [1.29, 1.82) is 0 Å². The molecule has 2 saturated heterocycles. The fourth-order valence-electron chi connectivity index (χ4n) is 3.77. The van der Waals surface area contributed by atoms with Gasteiger partial charge in [-0.05, 0) is 51.2 Å². The molecular formula is C19H24N4O3. The quantitative estimate of drug-likeness (QED) is 0.841. The summed E-state index contributed by atoms with van der Waals surface area (Å²) in [5.74, 6) is 1.51. The smallest absolute Gasteiger partial charge is 0.254 e. The Morgan fingerprint density at radius 1 is 1.15 bits per heavy atom. The maximum Gasteiger partial charge on any atom is 0.254 e. The van der Waals surface area contributed by atoms with Gasteiger partial charge < -0.3 is 14.1 Å². The standard InChI is InChI=1S/C19H24N4O3/c1-13-12-15(5-8-20-13)19(24)23-9-3-2-4-16(23)18-22-21-17(26-18)14-6-10-25-11-7-14/h5,8,12,14,16H,2-4,6-7,9-11H2,1H3. The Balaban J connectivity index is 1.56. The van der Waals surface area contributed by atoms with Crippen LogP contribution in [-0.2, 0) is 4.74 Å². The second-order valence-electron chi connectivity index (χ2n) is 7.06. The molecule has 0 saturated carbocycles. The molecule has 4 rings (SSSR count). The molecule has 4 heterocycles. The Kier molecular flexibility index (Phi) is 4.97. The van der Waals surface area contributed by atoms with Gasteiger partial charge in [0.1, 0.15) is 6.04 Å². The minimum Gasteiger partial charge on any atom is -0.423 e. The van der Waals surface area contributed by atoms with E-state index in [0.717, 1.165) is 51.0 Å². The Morgan fingerprint density at radius 2 is 1.96 bits per heavy atom. The third kappa shape index (κ3) is 3.49. The number of carbonyl (C=O) groups is 1. The number of aromatic nitrogens is 3. The first-order valence-corrected chi connectivity index (χ1v) is 9.37. The number of aryl methyl sites for hydroxylation is 1. The van der Waals surface area contributed by atoms with E-state index in [4.69, 9.17) is 9.15 Å². The normalized spacial score (nSPS) is 21.7. The van der Waals surface area contributed by atoms with Crippen LogP contribution in [0, 0.1) is 6.92 Å². The SMILES string of the molecule is Cc1cc(C(=O)N2CCCCC2c2nnc(C3CCOCC3)o2)ccn1. The molecule has 0 spiro atoms. The Hall–Kier alpha value is -2.28. The monoisotopic (exact) mass is 356 g/mol. The predicted molar refractivity (Wildman–Crippen MR) is 93.7 cm³/mol. The summed E-state index contributed by atoms with van der Waals surface area (Å²) in [6.07, 6.45) is 6.39. The first-order chi connectivity index (χ1) is 12.7. The number of amides is 1. The Bertz CT molecular complexity index is 770. The highest BCUT2D eigenvalue weighted by Gasteiger charge is 2.33. The van der Waals surface area contributed by atoms with Crippen molar-refractivity contribution in [3.63, 3.8) is 0 Å². The van der Waals surface area contributed by atoms with Gasteiger partial charge in [0.05, 0.1) is 0 Å². The van der Waals surface area contributed by atoms with Crippen LogP contribution in [0.3, 0.4) is 0 Å². The fourth-order valence-corrected chi connectivity index (χ4v) is 3.77. The molecule has 1 unspecified atom stereocenters. The number of carbonyl (C=O) groups excluding carboxylic acids is 1. The number of ether oxygens (including phenoxy) is 1. The molecule has 1 atom stereocenters. The molecule has 138 valence electrons. The number of piperidine rings is 1. The Morgan fingerprint density at radius 3 is 2.77 bits per heavy atom. The number of rotatable bonds is 3. The molecule has 7 nitrogen and oxygen atoms in total. The van der Waals surface area contributed by atoms with E-state index < -0.39 is 0 Å². The summed E-state index contributed by atoms with van der Waals surface area (Å²) in [5, 5.41) is 8.57. The topological polar surface area (TPSA) is 81.4 Å². The van der Waals surface area contributed by atoms with Gasteiger partial charge in [0.25, 0.3) is 5.91 Å². The van der Waals surface area contributed by atoms with Crippen LogP contribution >= 0.6 is 0 Å². The van der Waals surface area contributed by atoms with Crippen molar-refractivity contribution in [3.05, 3.63) is 41.4 Å². The zero-order valence-electron chi connectivity index (χ0n) is 15.1. The van der Waals surface area contributed by atoms with Gasteiger partial charge in [-0.3, -0.25) is 9.78 Å². The second-order valence-corrected chi connectivity index (χ2v) is 7.06. The van der Waals surface area contributed by atoms with Crippen LogP contribution < -0.4 is 0 Å². The van der Waals surface area contributed by atoms with Crippen LogP contribution in [0.2, 0.25) is 0 Å². The highest BCUT2D eigenvalue weighted by Crippen LogP contribution is 2.33. The predicted octanol–water partition coefficient (Wildman–Crippen LogP) is 3.03. The average Bonchev–Trinajstić information content (AvgIpc) is 3.18. The van der Waals surface area contributed by atoms with Gasteiger partial charge in [-0.25, -0.2) is 0 Å². The lowest BCUT2D eigenvalue weighted by molar-refractivity contribution is 0.0561. The van der Waals surface area contributed by atoms with Gasteiger partial charge in [-0.15, -0.1) is 10.2 Å². The van der Waals surface area contributed by atoms with Crippen LogP contribution in [-0.4, -0.2) is 45.7 Å². The van der Waals surface area contributed by atoms with Crippen LogP contribution in [0.4, 0.5) is 0 Å². The summed E-state index contributed by atoms with van der Waals surface area (Å²) in [4.78, 5) is 19.1. The van der Waals surface area contributed by atoms with E-state index in [1.54, 1.807) is 12.3 Å². The van der Waals surface area contributed by atoms with Crippen molar-refractivity contribution in [2.45, 2.75) is 51.0 Å². The van der Waals surface area contributed by atoms with Crippen LogP contribution in [0.25, 0.3) is 0 Å². The molecule has 0 N–H and O–H groups in total. The van der Waals surface area contributed by atoms with E-state index in [-0.39, 0.29) is 17.9 Å². The summed E-state index contributed by atoms with van der Waals surface area (Å²) < 4.78 is 11.4. The van der Waals surface area contributed by atoms with Crippen molar-refractivity contribution >= 4 is 5.91 Å². The van der Waals surface area contributed by atoms with E-state index in [1.165, 1.54) is 0 Å². The molecule has 0 radical (unpaired) electrons. The van der Waals surface area contributed by atoms with Crippen molar-refractivity contribution in [2.75, 3.05) is 19.8 Å². The lowest BCUT2D eigenvalue weighted by Crippen LogP contribution is -2.38. The highest BCUT2D eigenvalue weighted by molar-refractivity contribution is 5.94. The maximum absolute atomic E-state index is 13.0. The van der Waals surface area contributed by atoms with Gasteiger partial charge in [0, 0.05) is 43.1 Å². The number of hydrogen-bond donors (Lipinski definition) is 0. The molecular weight excluding hydrogens is 332 g/mol. The molecule has 0 aromatic carbocycles. The van der Waals surface area contributed by atoms with Crippen molar-refractivity contribution in [3.8, 4) is 0 Å². The van der Waals surface area contributed by atoms with Gasteiger partial charge in [-0.1, -0.05) is 0 Å². The third-order valence-corrected chi connectivity index (χ3v) is 5.22. The third-order valence-electron chi connectivity index (χ3n) is 5.22. The van der Waals surface area contributed by atoms with Crippen molar-refractivity contribution in [1.82, 2.24) is 20.1 Å². The number of likely N-dealkylation sites (tertiary alicyclic amines) is 1. The van der Waals surface area contributed by atoms with Crippen LogP contribution in [0.1, 0.15) is 71.9 Å². The summed E-state index contributed by atoms with van der Waals surface area (Å²) in [7, 11) is 0. The van der Waals surface area contributed by atoms with E-state index in [2.05, 4.69) is 15.2 Å². The average molecular weight is 356 g/mol. The molecule has 2 fully saturated rings. The molecule has 7 heteroatoms. The van der Waals surface area contributed by atoms with Gasteiger partial charge >= 0.3 is 0 Å². The lowest BCUT2D eigenvalue weighted by Gasteiger charge is -2.33. The number of nitrogens with zero attached hydrogens (tertiary/aromatic N) is 4. The summed E-state index contributed by atoms with van der Waals surface area (Å²) in [6, 6.07) is 3.45. The van der Waals surface area contributed by atoms with E-state index in [0.29, 0.717) is 23.9 Å². The second kappa shape index (κ2) is 7.53. The fraction of sp³-hybridized carbons (Fsp3) is 0.579. The number of hydrogen-bond acceptors (Lipinski definition) is 6. The summed E-state index contributed by atoms with van der Waals surface area (Å²) in [5.41, 5.74) is 1.50. The molecule has 2 aliphatic rings. The minimum absolute atomic E-state index is 0.00557. The largest absolute Gasteiger partial charge is 0.423 e. The molecule has 1 amide bonds. The number of pyridine rings is 1. The van der Waals surface area contributed by atoms with Gasteiger partial charge in [0.15, 0.2) is 0 Å². The zero-order valence-corrected chi connectivity index (χ0v) is 15.1. The maximum atomic E-state index is 13.0. The van der Waals surface area contributed by atoms with E-state index >= 15 is 0 Å². The van der Waals surface area contributed by atoms with E-state index in [1.807, 2.05) is 17.9 Å². The van der Waals surface area contributed by atoms with Crippen molar-refractivity contribution < 1.29 is 13.9 Å². The molecule has 2 aliphatic heterocycles. The van der Waals surface area contributed by atoms with Gasteiger partial charge in [0.2, 0.25) is 11.8 Å². The highest BCUT2D eigenvalue weighted by atomic mass is 16.5. The first kappa shape index (κ1) is 17.1. The Labute approximate surface area is 152 Å². The summed E-state index contributed by atoms with van der Waals surface area (Å²) >= 11 is 0.